The molecule has 1 saturated heterocycles. The van der Waals surface area contributed by atoms with Gasteiger partial charge in [0.15, 0.2) is 0 Å². The fraction of sp³-hybridized carbons (Fsp3) is 0.867. The predicted octanol–water partition coefficient (Wildman–Crippen LogP) is 8.03. The first kappa shape index (κ1) is 37.9. The van der Waals surface area contributed by atoms with Gasteiger partial charge in [0.1, 0.15) is 0 Å². The molecular formula is C30H63NO3. The van der Waals surface area contributed by atoms with Crippen LogP contribution in [0.5, 0.6) is 0 Å². The summed E-state index contributed by atoms with van der Waals surface area (Å²) in [4.78, 5) is 2.43. The molecule has 1 atom stereocenters. The number of hydrogen-bond acceptors (Lipinski definition) is 4. The lowest BCUT2D eigenvalue weighted by molar-refractivity contribution is 0.0238. The summed E-state index contributed by atoms with van der Waals surface area (Å²) < 4.78 is 15.7. The van der Waals surface area contributed by atoms with Crippen molar-refractivity contribution in [3.05, 3.63) is 23.8 Å². The highest BCUT2D eigenvalue weighted by Crippen LogP contribution is 2.18. The molecule has 0 saturated carbocycles. The molecule has 0 aromatic heterocycles. The van der Waals surface area contributed by atoms with Crippen LogP contribution in [0, 0.1) is 17.8 Å². The van der Waals surface area contributed by atoms with Gasteiger partial charge in [-0.2, -0.15) is 0 Å². The molecule has 34 heavy (non-hydrogen) atoms. The lowest BCUT2D eigenvalue weighted by Crippen LogP contribution is -2.40. The minimum absolute atomic E-state index is 0.689. The van der Waals surface area contributed by atoms with E-state index in [4.69, 9.17) is 14.2 Å². The Labute approximate surface area is 215 Å². The van der Waals surface area contributed by atoms with E-state index in [1.807, 2.05) is 41.5 Å². The molecule has 3 heterocycles. The second kappa shape index (κ2) is 28.6. The fourth-order valence-corrected chi connectivity index (χ4v) is 3.41. The normalized spacial score (nSPS) is 19.9. The molecule has 0 N–H and O–H groups in total. The van der Waals surface area contributed by atoms with Crippen LogP contribution in [-0.2, 0) is 14.2 Å². The van der Waals surface area contributed by atoms with Gasteiger partial charge in [-0.1, -0.05) is 93.0 Å². The first-order valence-electron chi connectivity index (χ1n) is 14.2. The van der Waals surface area contributed by atoms with E-state index < -0.39 is 0 Å². The first-order valence-corrected chi connectivity index (χ1v) is 14.2. The van der Waals surface area contributed by atoms with E-state index in [0.717, 1.165) is 71.0 Å². The maximum absolute atomic E-state index is 5.29. The van der Waals surface area contributed by atoms with Crippen LogP contribution in [0.25, 0.3) is 0 Å². The monoisotopic (exact) mass is 485 g/mol. The number of morpholine rings is 1. The van der Waals surface area contributed by atoms with Crippen molar-refractivity contribution in [1.82, 2.24) is 4.90 Å². The SMILES string of the molecule is CC.CC.CC.CC(C)C1=CCOCC1.CC(C)C1C=CCOCC1.CC(C)N1CCOCC1. The highest BCUT2D eigenvalue weighted by Gasteiger charge is 2.12. The largest absolute Gasteiger partial charge is 0.379 e. The summed E-state index contributed by atoms with van der Waals surface area (Å²) in [5.74, 6) is 2.22. The van der Waals surface area contributed by atoms with Crippen LogP contribution in [0.4, 0.5) is 0 Å². The van der Waals surface area contributed by atoms with Gasteiger partial charge in [0.25, 0.3) is 0 Å². The van der Waals surface area contributed by atoms with Crippen LogP contribution in [0.3, 0.4) is 0 Å². The minimum atomic E-state index is 0.689. The summed E-state index contributed by atoms with van der Waals surface area (Å²) in [6.45, 7) is 33.0. The summed E-state index contributed by atoms with van der Waals surface area (Å²) in [5.41, 5.74) is 1.56. The second-order valence-electron chi connectivity index (χ2n) is 8.70. The molecule has 4 heteroatoms. The summed E-state index contributed by atoms with van der Waals surface area (Å²) in [6.07, 6.45) is 8.95. The minimum Gasteiger partial charge on any atom is -0.379 e. The third-order valence-electron chi connectivity index (χ3n) is 5.57. The predicted molar refractivity (Wildman–Crippen MR) is 153 cm³/mol. The molecule has 3 aliphatic rings. The Morgan fingerprint density at radius 3 is 1.68 bits per heavy atom. The standard InChI is InChI=1S/C9H16O.C8H14O.C7H15NO.3C2H6/c1-8(2)9-4-3-6-10-7-5-9;2*1-7(2)8-3-5-9-6-4-8;3*1-2/h3-4,8-9H,5-7H2,1-2H3;3,7H,4-6H2,1-2H3;7H,3-6H2,1-2H3;3*1-2H3. The number of nitrogens with zero attached hydrogens (tertiary/aromatic N) is 1. The molecule has 1 fully saturated rings. The van der Waals surface area contributed by atoms with E-state index in [1.165, 1.54) is 6.42 Å². The lowest BCUT2D eigenvalue weighted by atomic mass is 9.93. The van der Waals surface area contributed by atoms with E-state index in [0.29, 0.717) is 12.0 Å². The van der Waals surface area contributed by atoms with Gasteiger partial charge in [0.05, 0.1) is 33.0 Å². The zero-order valence-electron chi connectivity index (χ0n) is 25.3. The van der Waals surface area contributed by atoms with Crippen molar-refractivity contribution in [1.29, 1.82) is 0 Å². The number of allylic oxidation sites excluding steroid dienone is 1. The molecule has 3 rings (SSSR count). The molecule has 0 aliphatic carbocycles. The van der Waals surface area contributed by atoms with Crippen molar-refractivity contribution in [2.24, 2.45) is 17.8 Å². The van der Waals surface area contributed by atoms with Crippen LogP contribution in [0.1, 0.15) is 95.9 Å². The van der Waals surface area contributed by atoms with Gasteiger partial charge in [-0.3, -0.25) is 4.90 Å². The zero-order valence-corrected chi connectivity index (χ0v) is 25.3. The van der Waals surface area contributed by atoms with Crippen molar-refractivity contribution in [2.75, 3.05) is 52.7 Å². The summed E-state index contributed by atoms with van der Waals surface area (Å²) >= 11 is 0. The molecule has 3 aliphatic heterocycles. The average molecular weight is 486 g/mol. The van der Waals surface area contributed by atoms with Gasteiger partial charge in [-0.15, -0.1) is 0 Å². The van der Waals surface area contributed by atoms with Crippen molar-refractivity contribution >= 4 is 0 Å². The van der Waals surface area contributed by atoms with Crippen LogP contribution < -0.4 is 0 Å². The van der Waals surface area contributed by atoms with Crippen LogP contribution >= 0.6 is 0 Å². The Morgan fingerprint density at radius 1 is 0.735 bits per heavy atom. The highest BCUT2D eigenvalue weighted by molar-refractivity contribution is 5.06. The average Bonchev–Trinajstić information content (AvgIpc) is 3.20. The Morgan fingerprint density at radius 2 is 1.29 bits per heavy atom. The number of hydrogen-bond donors (Lipinski definition) is 0. The molecule has 0 spiro atoms. The fourth-order valence-electron chi connectivity index (χ4n) is 3.41. The Kier molecular flexibility index (Phi) is 31.8. The van der Waals surface area contributed by atoms with E-state index in [9.17, 15) is 0 Å². The van der Waals surface area contributed by atoms with Gasteiger partial charge in [-0.25, -0.2) is 0 Å². The van der Waals surface area contributed by atoms with E-state index >= 15 is 0 Å². The maximum atomic E-state index is 5.29. The Hall–Kier alpha value is -0.680. The molecule has 206 valence electrons. The summed E-state index contributed by atoms with van der Waals surface area (Å²) in [5, 5.41) is 0. The highest BCUT2D eigenvalue weighted by atomic mass is 16.5. The smallest absolute Gasteiger partial charge is 0.0650 e. The van der Waals surface area contributed by atoms with Crippen LogP contribution in [0.2, 0.25) is 0 Å². The topological polar surface area (TPSA) is 30.9 Å². The van der Waals surface area contributed by atoms with Gasteiger partial charge in [0, 0.05) is 25.7 Å². The maximum Gasteiger partial charge on any atom is 0.0650 e. The zero-order chi connectivity index (χ0) is 26.8. The van der Waals surface area contributed by atoms with Crippen molar-refractivity contribution in [3.63, 3.8) is 0 Å². The van der Waals surface area contributed by atoms with Gasteiger partial charge in [0.2, 0.25) is 0 Å². The van der Waals surface area contributed by atoms with E-state index in [1.54, 1.807) is 5.57 Å². The molecule has 4 nitrogen and oxygen atoms in total. The van der Waals surface area contributed by atoms with Gasteiger partial charge >= 0.3 is 0 Å². The van der Waals surface area contributed by atoms with Gasteiger partial charge < -0.3 is 14.2 Å². The van der Waals surface area contributed by atoms with Crippen molar-refractivity contribution in [3.8, 4) is 0 Å². The number of ether oxygens (including phenoxy) is 3. The molecule has 1 unspecified atom stereocenters. The lowest BCUT2D eigenvalue weighted by Gasteiger charge is -2.29. The summed E-state index contributed by atoms with van der Waals surface area (Å²) in [7, 11) is 0. The Balaban J connectivity index is -0.000000381. The number of rotatable bonds is 3. The van der Waals surface area contributed by atoms with Crippen LogP contribution in [0.15, 0.2) is 23.8 Å². The molecular weight excluding hydrogens is 422 g/mol. The second-order valence-corrected chi connectivity index (χ2v) is 8.70. The third-order valence-corrected chi connectivity index (χ3v) is 5.57. The first-order chi connectivity index (χ1) is 16.4. The molecule has 0 aromatic carbocycles. The Bertz CT molecular complexity index is 438. The van der Waals surface area contributed by atoms with E-state index in [-0.39, 0.29) is 0 Å². The van der Waals surface area contributed by atoms with E-state index in [2.05, 4.69) is 64.7 Å². The van der Waals surface area contributed by atoms with Crippen molar-refractivity contribution < 1.29 is 14.2 Å². The summed E-state index contributed by atoms with van der Waals surface area (Å²) in [6, 6.07) is 0.689. The van der Waals surface area contributed by atoms with Crippen molar-refractivity contribution in [2.45, 2.75) is 102 Å². The quantitative estimate of drug-likeness (QED) is 0.379. The molecule has 0 bridgehead atoms. The van der Waals surface area contributed by atoms with Gasteiger partial charge in [-0.05, 0) is 44.4 Å². The van der Waals surface area contributed by atoms with Crippen LogP contribution in [-0.4, -0.2) is 63.7 Å². The molecule has 0 radical (unpaired) electrons. The molecule has 0 aromatic rings. The molecule has 0 amide bonds. The third kappa shape index (κ3) is 21.8.